The van der Waals surface area contributed by atoms with Crippen molar-refractivity contribution in [2.75, 3.05) is 29.8 Å². The summed E-state index contributed by atoms with van der Waals surface area (Å²) in [5.41, 5.74) is 2.74. The molecule has 0 aromatic heterocycles. The van der Waals surface area contributed by atoms with Gasteiger partial charge in [-0.05, 0) is 55.8 Å². The fraction of sp³-hybridized carbons (Fsp3) is 0.269. The molecule has 1 amide bonds. The molecule has 9 heteroatoms. The van der Waals surface area contributed by atoms with Gasteiger partial charge in [-0.3, -0.25) is 9.10 Å². The summed E-state index contributed by atoms with van der Waals surface area (Å²) >= 11 is 7.65. The number of carbonyl (C=O) groups is 1. The summed E-state index contributed by atoms with van der Waals surface area (Å²) in [5, 5.41) is 3.26. The van der Waals surface area contributed by atoms with Crippen LogP contribution in [-0.2, 0) is 20.6 Å². The van der Waals surface area contributed by atoms with Gasteiger partial charge >= 0.3 is 0 Å². The standard InChI is InChI=1S/C26H29ClN2O4S2/c1-3-33-25-7-5-4-6-24(25)29(35(31,32)23-14-12-22(27)13-15-23)18-26(30)28-16-17-34-19-21-10-8-20(2)9-11-21/h4-15H,3,16-19H2,1-2H3,(H,28,30). The second-order valence-corrected chi connectivity index (χ2v) is 11.2. The highest BCUT2D eigenvalue weighted by Crippen LogP contribution is 2.32. The zero-order valence-corrected chi connectivity index (χ0v) is 22.1. The lowest BCUT2D eigenvalue weighted by molar-refractivity contribution is -0.119. The van der Waals surface area contributed by atoms with Crippen molar-refractivity contribution in [1.29, 1.82) is 0 Å². The maximum absolute atomic E-state index is 13.5. The Labute approximate surface area is 216 Å². The van der Waals surface area contributed by atoms with Gasteiger partial charge in [-0.1, -0.05) is 53.6 Å². The third-order valence-electron chi connectivity index (χ3n) is 5.08. The van der Waals surface area contributed by atoms with Crippen LogP contribution < -0.4 is 14.4 Å². The summed E-state index contributed by atoms with van der Waals surface area (Å²) in [7, 11) is -4.05. The first kappa shape index (κ1) is 26.9. The van der Waals surface area contributed by atoms with Gasteiger partial charge in [0.2, 0.25) is 5.91 Å². The van der Waals surface area contributed by atoms with Crippen LogP contribution in [0.5, 0.6) is 5.75 Å². The van der Waals surface area contributed by atoms with Crippen molar-refractivity contribution in [2.45, 2.75) is 24.5 Å². The number of nitrogens with zero attached hydrogens (tertiary/aromatic N) is 1. The van der Waals surface area contributed by atoms with E-state index in [1.54, 1.807) is 36.0 Å². The number of rotatable bonds is 12. The van der Waals surface area contributed by atoms with Crippen molar-refractivity contribution < 1.29 is 17.9 Å². The maximum atomic E-state index is 13.5. The van der Waals surface area contributed by atoms with Gasteiger partial charge < -0.3 is 10.1 Å². The fourth-order valence-electron chi connectivity index (χ4n) is 3.30. The van der Waals surface area contributed by atoms with Crippen LogP contribution in [0, 0.1) is 6.92 Å². The van der Waals surface area contributed by atoms with Crippen LogP contribution in [-0.4, -0.2) is 39.8 Å². The molecular formula is C26H29ClN2O4S2. The number of benzene rings is 3. The van der Waals surface area contributed by atoms with Gasteiger partial charge in [0.15, 0.2) is 0 Å². The third-order valence-corrected chi connectivity index (χ3v) is 8.14. The summed E-state index contributed by atoms with van der Waals surface area (Å²) in [6, 6.07) is 21.0. The highest BCUT2D eigenvalue weighted by atomic mass is 35.5. The minimum atomic E-state index is -4.05. The Morgan fingerprint density at radius 2 is 1.71 bits per heavy atom. The molecular weight excluding hydrogens is 504 g/mol. The molecule has 0 radical (unpaired) electrons. The second kappa shape index (κ2) is 12.9. The molecule has 0 bridgehead atoms. The minimum absolute atomic E-state index is 0.0367. The lowest BCUT2D eigenvalue weighted by atomic mass is 10.2. The highest BCUT2D eigenvalue weighted by Gasteiger charge is 2.29. The quantitative estimate of drug-likeness (QED) is 0.321. The Hall–Kier alpha value is -2.68. The molecule has 6 nitrogen and oxygen atoms in total. The number of ether oxygens (including phenoxy) is 1. The smallest absolute Gasteiger partial charge is 0.264 e. The van der Waals surface area contributed by atoms with Gasteiger partial charge in [0.1, 0.15) is 12.3 Å². The SMILES string of the molecule is CCOc1ccccc1N(CC(=O)NCCSCc1ccc(C)cc1)S(=O)(=O)c1ccc(Cl)cc1. The number of carbonyl (C=O) groups excluding carboxylic acids is 1. The van der Waals surface area contributed by atoms with E-state index < -0.39 is 15.9 Å². The van der Waals surface area contributed by atoms with Gasteiger partial charge in [-0.2, -0.15) is 11.8 Å². The van der Waals surface area contributed by atoms with E-state index in [0.29, 0.717) is 35.4 Å². The number of hydrogen-bond acceptors (Lipinski definition) is 5. The Bertz CT molecular complexity index is 1220. The summed E-state index contributed by atoms with van der Waals surface area (Å²) in [4.78, 5) is 12.8. The number of nitrogens with one attached hydrogen (secondary N) is 1. The van der Waals surface area contributed by atoms with Crippen LogP contribution in [0.4, 0.5) is 5.69 Å². The van der Waals surface area contributed by atoms with Crippen LogP contribution in [0.1, 0.15) is 18.1 Å². The molecule has 0 spiro atoms. The molecule has 0 aliphatic carbocycles. The number of hydrogen-bond donors (Lipinski definition) is 1. The van der Waals surface area contributed by atoms with Crippen molar-refractivity contribution >= 4 is 45.0 Å². The van der Waals surface area contributed by atoms with Crippen LogP contribution in [0.2, 0.25) is 5.02 Å². The van der Waals surface area contributed by atoms with E-state index in [0.717, 1.165) is 10.1 Å². The largest absolute Gasteiger partial charge is 0.492 e. The molecule has 0 fully saturated rings. The summed E-state index contributed by atoms with van der Waals surface area (Å²) in [6.07, 6.45) is 0. The maximum Gasteiger partial charge on any atom is 0.264 e. The zero-order valence-electron chi connectivity index (χ0n) is 19.7. The average Bonchev–Trinajstić information content (AvgIpc) is 2.84. The van der Waals surface area contributed by atoms with Gasteiger partial charge in [0.25, 0.3) is 10.0 Å². The predicted octanol–water partition coefficient (Wildman–Crippen LogP) is 5.29. The molecule has 0 aliphatic heterocycles. The highest BCUT2D eigenvalue weighted by molar-refractivity contribution is 7.98. The lowest BCUT2D eigenvalue weighted by Crippen LogP contribution is -2.41. The van der Waals surface area contributed by atoms with Crippen molar-refractivity contribution in [3.05, 3.63) is 88.9 Å². The Balaban J connectivity index is 1.70. The number of halogens is 1. The predicted molar refractivity (Wildman–Crippen MR) is 144 cm³/mol. The fourth-order valence-corrected chi connectivity index (χ4v) is 5.67. The Kier molecular flexibility index (Phi) is 9.89. The third kappa shape index (κ3) is 7.65. The van der Waals surface area contributed by atoms with E-state index in [1.807, 2.05) is 6.92 Å². The number of anilines is 1. The van der Waals surface area contributed by atoms with E-state index in [9.17, 15) is 13.2 Å². The van der Waals surface area contributed by atoms with Crippen LogP contribution in [0.25, 0.3) is 0 Å². The van der Waals surface area contributed by atoms with Gasteiger partial charge in [-0.25, -0.2) is 8.42 Å². The first-order valence-electron chi connectivity index (χ1n) is 11.2. The van der Waals surface area contributed by atoms with E-state index in [4.69, 9.17) is 16.3 Å². The monoisotopic (exact) mass is 532 g/mol. The molecule has 0 heterocycles. The van der Waals surface area contributed by atoms with Gasteiger partial charge in [0, 0.05) is 23.1 Å². The number of aryl methyl sites for hydroxylation is 1. The average molecular weight is 533 g/mol. The molecule has 0 saturated heterocycles. The first-order chi connectivity index (χ1) is 16.8. The molecule has 35 heavy (non-hydrogen) atoms. The molecule has 3 aromatic rings. The Morgan fingerprint density at radius 1 is 1.03 bits per heavy atom. The topological polar surface area (TPSA) is 75.7 Å². The molecule has 0 aliphatic rings. The molecule has 3 rings (SSSR count). The number of amides is 1. The zero-order chi connectivity index (χ0) is 25.3. The van der Waals surface area contributed by atoms with E-state index in [2.05, 4.69) is 36.5 Å². The normalized spacial score (nSPS) is 11.2. The van der Waals surface area contributed by atoms with Crippen molar-refractivity contribution in [3.63, 3.8) is 0 Å². The summed E-state index contributed by atoms with van der Waals surface area (Å²) in [6.45, 7) is 4.27. The van der Waals surface area contributed by atoms with Crippen molar-refractivity contribution in [2.24, 2.45) is 0 Å². The first-order valence-corrected chi connectivity index (χ1v) is 14.2. The van der Waals surface area contributed by atoms with Crippen LogP contribution in [0.15, 0.2) is 77.7 Å². The summed E-state index contributed by atoms with van der Waals surface area (Å²) < 4.78 is 33.8. The van der Waals surface area contributed by atoms with E-state index in [-0.39, 0.29) is 11.4 Å². The molecule has 1 N–H and O–H groups in total. The van der Waals surface area contributed by atoms with Gasteiger partial charge in [0.05, 0.1) is 17.2 Å². The van der Waals surface area contributed by atoms with Crippen LogP contribution in [0.3, 0.4) is 0 Å². The molecule has 0 atom stereocenters. The Morgan fingerprint density at radius 3 is 2.40 bits per heavy atom. The van der Waals surface area contributed by atoms with Crippen LogP contribution >= 0.6 is 23.4 Å². The number of thioether (sulfide) groups is 1. The van der Waals surface area contributed by atoms with Crippen molar-refractivity contribution in [3.8, 4) is 5.75 Å². The second-order valence-electron chi connectivity index (χ2n) is 7.75. The molecule has 0 unspecified atom stereocenters. The molecule has 0 saturated carbocycles. The summed E-state index contributed by atoms with van der Waals surface area (Å²) in [5.74, 6) is 1.53. The minimum Gasteiger partial charge on any atom is -0.492 e. The number of sulfonamides is 1. The number of para-hydroxylation sites is 2. The lowest BCUT2D eigenvalue weighted by Gasteiger charge is -2.26. The molecule has 186 valence electrons. The molecule has 3 aromatic carbocycles. The van der Waals surface area contributed by atoms with Crippen molar-refractivity contribution in [1.82, 2.24) is 5.32 Å². The van der Waals surface area contributed by atoms with E-state index >= 15 is 0 Å². The van der Waals surface area contributed by atoms with Gasteiger partial charge in [-0.15, -0.1) is 0 Å². The van der Waals surface area contributed by atoms with E-state index in [1.165, 1.54) is 35.4 Å².